The van der Waals surface area contributed by atoms with Crippen molar-refractivity contribution in [3.63, 3.8) is 0 Å². The van der Waals surface area contributed by atoms with E-state index in [2.05, 4.69) is 10.3 Å². The van der Waals surface area contributed by atoms with Gasteiger partial charge in [0.15, 0.2) is 46.5 Å². The summed E-state index contributed by atoms with van der Waals surface area (Å²) < 4.78 is 113. The number of benzene rings is 2. The van der Waals surface area contributed by atoms with Crippen LogP contribution in [0.15, 0.2) is 18.2 Å². The number of amides is 2. The lowest BCUT2D eigenvalue weighted by atomic mass is 10.1. The van der Waals surface area contributed by atoms with Gasteiger partial charge in [-0.05, 0) is 19.2 Å². The normalized spacial score (nSPS) is 11.0. The highest BCUT2D eigenvalue weighted by molar-refractivity contribution is 5.96. The molecule has 0 fully saturated rings. The molecule has 5 N–H and O–H groups in total. The van der Waals surface area contributed by atoms with E-state index in [1.807, 2.05) is 10.6 Å². The molecule has 1 aromatic heterocycles. The summed E-state index contributed by atoms with van der Waals surface area (Å²) in [5, 5.41) is 6.36. The molecule has 0 unspecified atom stereocenters. The van der Waals surface area contributed by atoms with Crippen molar-refractivity contribution in [2.75, 3.05) is 7.05 Å². The fraction of sp³-hybridized carbons (Fsp3) is 0.208. The molecule has 0 aliphatic rings. The predicted molar refractivity (Wildman–Crippen MR) is 120 cm³/mol. The Hall–Kier alpha value is -4.11. The monoisotopic (exact) mass is 561 g/mol. The standard InChI is InChI=1S/C24H19F8N5O2/c1-34-6-10-17(27)21(31)12(22(32)18(10)28)8-36-24(39)14-4-2-3-13(37-14)23(38)35-7-11-19(29)15(25)9(5-33)16(26)20(11)30/h2-4,34H,5-8,33H2,1H3,(H,35,38)(H,36,39). The lowest BCUT2D eigenvalue weighted by Gasteiger charge is -2.13. The summed E-state index contributed by atoms with van der Waals surface area (Å²) in [7, 11) is 1.31. The van der Waals surface area contributed by atoms with E-state index in [-0.39, 0.29) is 0 Å². The lowest BCUT2D eigenvalue weighted by molar-refractivity contribution is 0.0940. The molecule has 0 aliphatic carbocycles. The van der Waals surface area contributed by atoms with Gasteiger partial charge in [-0.1, -0.05) is 6.07 Å². The third-order valence-electron chi connectivity index (χ3n) is 5.51. The molecular formula is C24H19F8N5O2. The zero-order valence-electron chi connectivity index (χ0n) is 19.9. The minimum atomic E-state index is -1.76. The number of nitrogens with zero attached hydrogens (tertiary/aromatic N) is 1. The number of pyridine rings is 1. The number of hydrogen-bond acceptors (Lipinski definition) is 5. The number of halogens is 8. The van der Waals surface area contributed by atoms with E-state index < -0.39 is 118 Å². The molecule has 0 aliphatic heterocycles. The van der Waals surface area contributed by atoms with E-state index in [9.17, 15) is 44.7 Å². The third-order valence-corrected chi connectivity index (χ3v) is 5.51. The quantitative estimate of drug-likeness (QED) is 0.237. The maximum Gasteiger partial charge on any atom is 0.270 e. The van der Waals surface area contributed by atoms with Gasteiger partial charge in [0.05, 0.1) is 0 Å². The van der Waals surface area contributed by atoms with Gasteiger partial charge in [0.25, 0.3) is 11.8 Å². The molecule has 3 rings (SSSR count). The van der Waals surface area contributed by atoms with Crippen LogP contribution in [-0.2, 0) is 26.2 Å². The molecule has 0 atom stereocenters. The topological polar surface area (TPSA) is 109 Å². The smallest absolute Gasteiger partial charge is 0.270 e. The van der Waals surface area contributed by atoms with Crippen molar-refractivity contribution < 1.29 is 44.7 Å². The minimum absolute atomic E-state index is 0.488. The van der Waals surface area contributed by atoms with Crippen molar-refractivity contribution in [3.05, 3.63) is 98.4 Å². The Kier molecular flexibility index (Phi) is 9.19. The average Bonchev–Trinajstić information content (AvgIpc) is 2.93. The highest BCUT2D eigenvalue weighted by Crippen LogP contribution is 2.25. The molecule has 0 bridgehead atoms. The highest BCUT2D eigenvalue weighted by atomic mass is 19.2. The Morgan fingerprint density at radius 1 is 0.641 bits per heavy atom. The molecule has 2 aromatic carbocycles. The van der Waals surface area contributed by atoms with Gasteiger partial charge in [-0.2, -0.15) is 0 Å². The van der Waals surface area contributed by atoms with E-state index in [0.717, 1.165) is 18.2 Å². The summed E-state index contributed by atoms with van der Waals surface area (Å²) in [6, 6.07) is 3.30. The van der Waals surface area contributed by atoms with Crippen LogP contribution in [0, 0.1) is 46.5 Å². The van der Waals surface area contributed by atoms with Gasteiger partial charge in [-0.25, -0.2) is 40.1 Å². The van der Waals surface area contributed by atoms with Crippen LogP contribution in [-0.4, -0.2) is 23.8 Å². The number of hydrogen-bond donors (Lipinski definition) is 4. The van der Waals surface area contributed by atoms with Crippen LogP contribution in [0.4, 0.5) is 35.1 Å². The van der Waals surface area contributed by atoms with E-state index in [1.54, 1.807) is 0 Å². The second-order valence-electron chi connectivity index (χ2n) is 7.93. The van der Waals surface area contributed by atoms with Crippen LogP contribution in [0.2, 0.25) is 0 Å². The molecule has 15 heteroatoms. The third kappa shape index (κ3) is 5.83. The van der Waals surface area contributed by atoms with Crippen LogP contribution in [0.3, 0.4) is 0 Å². The SMILES string of the molecule is CNCc1c(F)c(F)c(CNC(=O)c2cccc(C(=O)NCc3c(F)c(F)c(CN)c(F)c3F)n2)c(F)c1F. The summed E-state index contributed by atoms with van der Waals surface area (Å²) in [5.41, 5.74) is -0.0185. The van der Waals surface area contributed by atoms with Crippen molar-refractivity contribution >= 4 is 11.8 Å². The maximum atomic E-state index is 14.3. The van der Waals surface area contributed by atoms with Crippen molar-refractivity contribution in [2.24, 2.45) is 5.73 Å². The molecule has 39 heavy (non-hydrogen) atoms. The second kappa shape index (κ2) is 12.2. The number of aromatic nitrogens is 1. The van der Waals surface area contributed by atoms with Gasteiger partial charge in [0.2, 0.25) is 0 Å². The highest BCUT2D eigenvalue weighted by Gasteiger charge is 2.26. The molecule has 3 aromatic rings. The van der Waals surface area contributed by atoms with Gasteiger partial charge < -0.3 is 21.7 Å². The number of nitrogens with two attached hydrogens (primary N) is 1. The second-order valence-corrected chi connectivity index (χ2v) is 7.93. The molecule has 7 nitrogen and oxygen atoms in total. The van der Waals surface area contributed by atoms with Gasteiger partial charge in [0, 0.05) is 48.4 Å². The summed E-state index contributed by atoms with van der Waals surface area (Å²) in [6.07, 6.45) is 0. The van der Waals surface area contributed by atoms with E-state index in [1.165, 1.54) is 7.05 Å². The summed E-state index contributed by atoms with van der Waals surface area (Å²) in [5.74, 6) is -15.9. The first-order valence-electron chi connectivity index (χ1n) is 11.0. The summed E-state index contributed by atoms with van der Waals surface area (Å²) >= 11 is 0. The predicted octanol–water partition coefficient (Wildman–Crippen LogP) is 3.23. The Balaban J connectivity index is 1.74. The van der Waals surface area contributed by atoms with Crippen molar-refractivity contribution in [1.82, 2.24) is 20.9 Å². The molecule has 0 saturated heterocycles. The van der Waals surface area contributed by atoms with E-state index in [4.69, 9.17) is 5.73 Å². The maximum absolute atomic E-state index is 14.3. The van der Waals surface area contributed by atoms with Gasteiger partial charge >= 0.3 is 0 Å². The van der Waals surface area contributed by atoms with E-state index in [0.29, 0.717) is 0 Å². The van der Waals surface area contributed by atoms with Crippen molar-refractivity contribution in [2.45, 2.75) is 26.2 Å². The molecule has 0 saturated carbocycles. The molecule has 0 spiro atoms. The van der Waals surface area contributed by atoms with Gasteiger partial charge in [-0.15, -0.1) is 0 Å². The lowest BCUT2D eigenvalue weighted by Crippen LogP contribution is -2.29. The zero-order chi connectivity index (χ0) is 29.0. The van der Waals surface area contributed by atoms with Crippen molar-refractivity contribution in [3.8, 4) is 0 Å². The van der Waals surface area contributed by atoms with Crippen LogP contribution < -0.4 is 21.7 Å². The Labute approximate surface area is 215 Å². The Morgan fingerprint density at radius 3 is 1.31 bits per heavy atom. The van der Waals surface area contributed by atoms with Gasteiger partial charge in [0.1, 0.15) is 11.4 Å². The fourth-order valence-electron chi connectivity index (χ4n) is 3.47. The Morgan fingerprint density at radius 2 is 0.974 bits per heavy atom. The number of carbonyl (C=O) groups excluding carboxylic acids is 2. The Bertz CT molecular complexity index is 1390. The van der Waals surface area contributed by atoms with Crippen molar-refractivity contribution in [1.29, 1.82) is 0 Å². The average molecular weight is 561 g/mol. The zero-order valence-corrected chi connectivity index (χ0v) is 19.9. The molecule has 1 heterocycles. The van der Waals surface area contributed by atoms with Crippen LogP contribution in [0.1, 0.15) is 43.2 Å². The van der Waals surface area contributed by atoms with Crippen LogP contribution in [0.5, 0.6) is 0 Å². The number of carbonyl (C=O) groups is 2. The minimum Gasteiger partial charge on any atom is -0.346 e. The first kappa shape index (κ1) is 29.4. The molecule has 0 radical (unpaired) electrons. The van der Waals surface area contributed by atoms with Crippen LogP contribution >= 0.6 is 0 Å². The van der Waals surface area contributed by atoms with Crippen LogP contribution in [0.25, 0.3) is 0 Å². The summed E-state index contributed by atoms with van der Waals surface area (Å²) in [6.45, 7) is -3.32. The first-order valence-corrected chi connectivity index (χ1v) is 11.0. The molecule has 2 amide bonds. The molecule has 208 valence electrons. The van der Waals surface area contributed by atoms with E-state index >= 15 is 0 Å². The van der Waals surface area contributed by atoms with Gasteiger partial charge in [-0.3, -0.25) is 9.59 Å². The largest absolute Gasteiger partial charge is 0.346 e. The first-order chi connectivity index (χ1) is 18.4. The fourth-order valence-corrected chi connectivity index (χ4v) is 3.47. The number of nitrogens with one attached hydrogen (secondary N) is 3. The summed E-state index contributed by atoms with van der Waals surface area (Å²) in [4.78, 5) is 28.5. The molecular weight excluding hydrogens is 542 g/mol. The number of rotatable bonds is 9.